The topological polar surface area (TPSA) is 59.7 Å². The fraction of sp³-hybridized carbons (Fsp3) is 0.500. The average Bonchev–Trinajstić information content (AvgIpc) is 2.50. The number of ether oxygens (including phenoxy) is 1. The Bertz CT molecular complexity index is 303. The first-order chi connectivity index (χ1) is 6.63. The monoisotopic (exact) mass is 198 g/mol. The number of hydrogen-bond donors (Lipinski definition) is 1. The fourth-order valence-corrected chi connectivity index (χ4v) is 1.33. The fourth-order valence-electron chi connectivity index (χ4n) is 1.33. The first-order valence-corrected chi connectivity index (χ1v) is 4.40. The second-order valence-electron chi connectivity index (χ2n) is 3.20. The van der Waals surface area contributed by atoms with Gasteiger partial charge in [0.2, 0.25) is 0 Å². The number of rotatable bonds is 5. The number of carboxylic acids is 1. The minimum absolute atomic E-state index is 0.0286. The van der Waals surface area contributed by atoms with E-state index in [0.29, 0.717) is 12.4 Å². The molecule has 0 fully saturated rings. The standard InChI is InChI=1S/C10H14O4/c1-7-3-4-9(14-7)8(6-13-2)5-10(11)12/h3-4,8H,5-6H2,1-2H3,(H,11,12). The number of furan rings is 1. The van der Waals surface area contributed by atoms with E-state index in [4.69, 9.17) is 14.3 Å². The van der Waals surface area contributed by atoms with Crippen LogP contribution in [-0.4, -0.2) is 24.8 Å². The zero-order chi connectivity index (χ0) is 10.6. The predicted molar refractivity (Wildman–Crippen MR) is 50.3 cm³/mol. The van der Waals surface area contributed by atoms with Crippen LogP contribution in [0.2, 0.25) is 0 Å². The van der Waals surface area contributed by atoms with Gasteiger partial charge in [0.25, 0.3) is 0 Å². The van der Waals surface area contributed by atoms with Gasteiger partial charge < -0.3 is 14.3 Å². The second-order valence-corrected chi connectivity index (χ2v) is 3.20. The third-order valence-electron chi connectivity index (χ3n) is 1.95. The smallest absolute Gasteiger partial charge is 0.304 e. The van der Waals surface area contributed by atoms with Gasteiger partial charge in [-0.15, -0.1) is 0 Å². The minimum Gasteiger partial charge on any atom is -0.481 e. The van der Waals surface area contributed by atoms with E-state index in [1.807, 2.05) is 13.0 Å². The third kappa shape index (κ3) is 2.88. The summed E-state index contributed by atoms with van der Waals surface area (Å²) in [4.78, 5) is 10.6. The number of aliphatic carboxylic acids is 1. The summed E-state index contributed by atoms with van der Waals surface area (Å²) in [5.74, 6) is 0.408. The largest absolute Gasteiger partial charge is 0.481 e. The summed E-state index contributed by atoms with van der Waals surface area (Å²) in [7, 11) is 1.55. The van der Waals surface area contributed by atoms with Gasteiger partial charge in [-0.3, -0.25) is 4.79 Å². The van der Waals surface area contributed by atoms with Crippen LogP contribution >= 0.6 is 0 Å². The van der Waals surface area contributed by atoms with E-state index < -0.39 is 5.97 Å². The summed E-state index contributed by atoms with van der Waals surface area (Å²) in [5, 5.41) is 8.68. The van der Waals surface area contributed by atoms with Gasteiger partial charge in [-0.05, 0) is 19.1 Å². The molecule has 1 atom stereocenters. The van der Waals surface area contributed by atoms with Crippen LogP contribution in [-0.2, 0) is 9.53 Å². The Kier molecular flexibility index (Phi) is 3.71. The quantitative estimate of drug-likeness (QED) is 0.783. The Balaban J connectivity index is 2.71. The third-order valence-corrected chi connectivity index (χ3v) is 1.95. The van der Waals surface area contributed by atoms with Gasteiger partial charge in [0.1, 0.15) is 11.5 Å². The van der Waals surface area contributed by atoms with Crippen molar-refractivity contribution in [3.8, 4) is 0 Å². The van der Waals surface area contributed by atoms with Crippen LogP contribution in [0.5, 0.6) is 0 Å². The summed E-state index contributed by atoms with van der Waals surface area (Å²) in [5.41, 5.74) is 0. The van der Waals surface area contributed by atoms with Crippen LogP contribution in [0.4, 0.5) is 0 Å². The number of methoxy groups -OCH3 is 1. The van der Waals surface area contributed by atoms with Crippen molar-refractivity contribution in [1.29, 1.82) is 0 Å². The maximum atomic E-state index is 10.6. The van der Waals surface area contributed by atoms with E-state index in [1.54, 1.807) is 13.2 Å². The molecule has 0 amide bonds. The van der Waals surface area contributed by atoms with Crippen molar-refractivity contribution in [1.82, 2.24) is 0 Å². The summed E-state index contributed by atoms with van der Waals surface area (Å²) in [6, 6.07) is 3.61. The SMILES string of the molecule is COCC(CC(=O)O)c1ccc(C)o1. The average molecular weight is 198 g/mol. The Hall–Kier alpha value is -1.29. The predicted octanol–water partition coefficient (Wildman–Crippen LogP) is 1.79. The van der Waals surface area contributed by atoms with E-state index >= 15 is 0 Å². The Morgan fingerprint density at radius 1 is 1.64 bits per heavy atom. The Labute approximate surface area is 82.5 Å². The molecular weight excluding hydrogens is 184 g/mol. The van der Waals surface area contributed by atoms with E-state index in [9.17, 15) is 4.79 Å². The minimum atomic E-state index is -0.846. The maximum Gasteiger partial charge on any atom is 0.304 e. The number of carboxylic acid groups (broad SMARTS) is 1. The molecule has 1 unspecified atom stereocenters. The first kappa shape index (κ1) is 10.8. The van der Waals surface area contributed by atoms with E-state index in [1.165, 1.54) is 0 Å². The molecule has 0 bridgehead atoms. The van der Waals surface area contributed by atoms with Crippen molar-refractivity contribution in [3.63, 3.8) is 0 Å². The molecule has 1 aromatic rings. The Morgan fingerprint density at radius 2 is 2.36 bits per heavy atom. The molecule has 0 aliphatic heterocycles. The molecule has 1 N–H and O–H groups in total. The molecule has 0 aromatic carbocycles. The Morgan fingerprint density at radius 3 is 2.79 bits per heavy atom. The van der Waals surface area contributed by atoms with Gasteiger partial charge in [0.05, 0.1) is 18.9 Å². The van der Waals surface area contributed by atoms with Gasteiger partial charge >= 0.3 is 5.97 Å². The number of aryl methyl sites for hydroxylation is 1. The molecule has 0 radical (unpaired) electrons. The lowest BCUT2D eigenvalue weighted by atomic mass is 10.0. The molecule has 1 heterocycles. The highest BCUT2D eigenvalue weighted by molar-refractivity contribution is 5.67. The van der Waals surface area contributed by atoms with E-state index in [-0.39, 0.29) is 12.3 Å². The molecule has 78 valence electrons. The summed E-state index contributed by atoms with van der Waals surface area (Å²) in [6.45, 7) is 2.19. The maximum absolute atomic E-state index is 10.6. The lowest BCUT2D eigenvalue weighted by Crippen LogP contribution is -2.10. The van der Waals surface area contributed by atoms with Crippen LogP contribution in [0.3, 0.4) is 0 Å². The van der Waals surface area contributed by atoms with Crippen LogP contribution in [0.15, 0.2) is 16.5 Å². The molecule has 0 saturated carbocycles. The van der Waals surface area contributed by atoms with Crippen molar-refractivity contribution in [2.75, 3.05) is 13.7 Å². The summed E-state index contributed by atoms with van der Waals surface area (Å²) < 4.78 is 10.3. The van der Waals surface area contributed by atoms with Gasteiger partial charge in [-0.2, -0.15) is 0 Å². The van der Waals surface area contributed by atoms with Crippen molar-refractivity contribution in [2.45, 2.75) is 19.3 Å². The number of carbonyl (C=O) groups is 1. The first-order valence-electron chi connectivity index (χ1n) is 4.40. The summed E-state index contributed by atoms with van der Waals surface area (Å²) in [6.07, 6.45) is 0.0286. The normalized spacial score (nSPS) is 12.7. The molecule has 1 rings (SSSR count). The van der Waals surface area contributed by atoms with Crippen LogP contribution in [0.25, 0.3) is 0 Å². The number of hydrogen-bond acceptors (Lipinski definition) is 3. The molecule has 0 aliphatic rings. The van der Waals surface area contributed by atoms with Crippen LogP contribution in [0, 0.1) is 6.92 Å². The zero-order valence-corrected chi connectivity index (χ0v) is 8.32. The molecule has 0 aliphatic carbocycles. The van der Waals surface area contributed by atoms with E-state index in [2.05, 4.69) is 0 Å². The van der Waals surface area contributed by atoms with Crippen LogP contribution in [0.1, 0.15) is 23.9 Å². The molecule has 0 spiro atoms. The van der Waals surface area contributed by atoms with Crippen molar-refractivity contribution < 1.29 is 19.1 Å². The molecule has 4 heteroatoms. The van der Waals surface area contributed by atoms with Crippen molar-refractivity contribution in [3.05, 3.63) is 23.7 Å². The highest BCUT2D eigenvalue weighted by Gasteiger charge is 2.18. The zero-order valence-electron chi connectivity index (χ0n) is 8.32. The molecule has 14 heavy (non-hydrogen) atoms. The lowest BCUT2D eigenvalue weighted by molar-refractivity contribution is -0.137. The van der Waals surface area contributed by atoms with E-state index in [0.717, 1.165) is 5.76 Å². The molecule has 1 aromatic heterocycles. The lowest BCUT2D eigenvalue weighted by Gasteiger charge is -2.10. The van der Waals surface area contributed by atoms with Gasteiger partial charge in [-0.1, -0.05) is 0 Å². The van der Waals surface area contributed by atoms with Crippen molar-refractivity contribution >= 4 is 5.97 Å². The van der Waals surface area contributed by atoms with Gasteiger partial charge in [0.15, 0.2) is 0 Å². The van der Waals surface area contributed by atoms with Crippen LogP contribution < -0.4 is 0 Å². The van der Waals surface area contributed by atoms with Gasteiger partial charge in [0, 0.05) is 7.11 Å². The molecule has 0 saturated heterocycles. The molecule has 4 nitrogen and oxygen atoms in total. The summed E-state index contributed by atoms with van der Waals surface area (Å²) >= 11 is 0. The highest BCUT2D eigenvalue weighted by atomic mass is 16.5. The highest BCUT2D eigenvalue weighted by Crippen LogP contribution is 2.22. The second kappa shape index (κ2) is 4.81. The molecular formula is C10H14O4. The van der Waals surface area contributed by atoms with Crippen molar-refractivity contribution in [2.24, 2.45) is 0 Å². The van der Waals surface area contributed by atoms with Gasteiger partial charge in [-0.25, -0.2) is 0 Å².